The number of anilines is 1. The topological polar surface area (TPSA) is 91.3 Å². The van der Waals surface area contributed by atoms with Gasteiger partial charge in [-0.15, -0.1) is 0 Å². The lowest BCUT2D eigenvalue weighted by molar-refractivity contribution is -0.138. The highest BCUT2D eigenvalue weighted by molar-refractivity contribution is 5.92. The molecule has 1 aliphatic carbocycles. The second-order valence-electron chi connectivity index (χ2n) is 4.84. The first-order valence-corrected chi connectivity index (χ1v) is 6.23. The molecule has 1 fully saturated rings. The van der Waals surface area contributed by atoms with Gasteiger partial charge in [0.25, 0.3) is 5.91 Å². The number of amides is 1. The molecule has 1 aromatic rings. The molecule has 1 saturated carbocycles. The maximum Gasteiger partial charge on any atom is 0.305 e. The highest BCUT2D eigenvalue weighted by Gasteiger charge is 2.39. The lowest BCUT2D eigenvalue weighted by Gasteiger charge is -2.42. The molecule has 3 N–H and O–H groups in total. The minimum absolute atomic E-state index is 0.0879. The second kappa shape index (κ2) is 5.26. The molecule has 0 aliphatic heterocycles. The Morgan fingerprint density at radius 1 is 1.47 bits per heavy atom. The van der Waals surface area contributed by atoms with Crippen LogP contribution in [0.1, 0.15) is 36.2 Å². The van der Waals surface area contributed by atoms with E-state index in [-0.39, 0.29) is 17.9 Å². The molecular weight excluding hydrogens is 246 g/mol. The summed E-state index contributed by atoms with van der Waals surface area (Å²) in [4.78, 5) is 26.4. The molecule has 1 amide bonds. The number of carboxylic acid groups (broad SMARTS) is 1. The molecule has 6 heteroatoms. The smallest absolute Gasteiger partial charge is 0.305 e. The molecule has 102 valence electrons. The zero-order chi connectivity index (χ0) is 13.9. The molecule has 0 saturated heterocycles. The monoisotopic (exact) mass is 263 g/mol. The van der Waals surface area contributed by atoms with Crippen molar-refractivity contribution in [2.45, 2.75) is 31.2 Å². The first-order chi connectivity index (χ1) is 9.04. The van der Waals surface area contributed by atoms with E-state index in [0.717, 1.165) is 24.9 Å². The molecule has 0 bridgehead atoms. The number of hydrogen-bond acceptors (Lipinski definition) is 4. The van der Waals surface area contributed by atoms with E-state index in [4.69, 9.17) is 5.11 Å². The van der Waals surface area contributed by atoms with Crippen molar-refractivity contribution in [3.05, 3.63) is 24.0 Å². The van der Waals surface area contributed by atoms with Gasteiger partial charge in [-0.05, 0) is 31.4 Å². The number of aliphatic carboxylic acids is 1. The number of carboxylic acids is 1. The number of pyridine rings is 1. The van der Waals surface area contributed by atoms with Gasteiger partial charge in [-0.25, -0.2) is 0 Å². The fraction of sp³-hybridized carbons (Fsp3) is 0.462. The molecule has 6 nitrogen and oxygen atoms in total. The number of rotatable bonds is 5. The minimum atomic E-state index is -0.812. The third kappa shape index (κ3) is 3.01. The van der Waals surface area contributed by atoms with Crippen molar-refractivity contribution in [1.82, 2.24) is 10.3 Å². The van der Waals surface area contributed by atoms with Gasteiger partial charge < -0.3 is 15.7 Å². The van der Waals surface area contributed by atoms with Crippen molar-refractivity contribution < 1.29 is 14.7 Å². The summed E-state index contributed by atoms with van der Waals surface area (Å²) in [6.45, 7) is 0. The Morgan fingerprint density at radius 3 is 2.74 bits per heavy atom. The highest BCUT2D eigenvalue weighted by Crippen LogP contribution is 2.38. The predicted octanol–water partition coefficient (Wildman–Crippen LogP) is 1.25. The molecule has 0 aromatic carbocycles. The van der Waals surface area contributed by atoms with Gasteiger partial charge in [0.15, 0.2) is 0 Å². The van der Waals surface area contributed by atoms with Crippen LogP contribution in [0.15, 0.2) is 18.3 Å². The average molecular weight is 263 g/mol. The molecule has 0 atom stereocenters. The summed E-state index contributed by atoms with van der Waals surface area (Å²) in [5.74, 6) is -1.07. The lowest BCUT2D eigenvalue weighted by Crippen LogP contribution is -2.46. The lowest BCUT2D eigenvalue weighted by atomic mass is 9.74. The van der Waals surface area contributed by atoms with E-state index in [1.165, 1.54) is 0 Å². The van der Waals surface area contributed by atoms with Crippen LogP contribution >= 0.6 is 0 Å². The maximum atomic E-state index is 11.5. The van der Waals surface area contributed by atoms with Crippen LogP contribution in [0.25, 0.3) is 0 Å². The number of nitrogens with zero attached hydrogens (tertiary/aromatic N) is 1. The average Bonchev–Trinajstić information content (AvgIpc) is 2.35. The SMILES string of the molecule is CNC(=O)c1cc(NC2(CC(=O)O)CCC2)ccn1. The largest absolute Gasteiger partial charge is 0.481 e. The van der Waals surface area contributed by atoms with Crippen LogP contribution in [0.3, 0.4) is 0 Å². The van der Waals surface area contributed by atoms with Gasteiger partial charge in [-0.1, -0.05) is 0 Å². The van der Waals surface area contributed by atoms with E-state index in [2.05, 4.69) is 15.6 Å². The fourth-order valence-electron chi connectivity index (χ4n) is 2.31. The second-order valence-corrected chi connectivity index (χ2v) is 4.84. The Balaban J connectivity index is 2.14. The van der Waals surface area contributed by atoms with E-state index >= 15 is 0 Å². The van der Waals surface area contributed by atoms with Gasteiger partial charge in [0.05, 0.1) is 6.42 Å². The van der Waals surface area contributed by atoms with Crippen LogP contribution in [-0.2, 0) is 4.79 Å². The van der Waals surface area contributed by atoms with Crippen LogP contribution in [0, 0.1) is 0 Å². The van der Waals surface area contributed by atoms with Gasteiger partial charge in [-0.3, -0.25) is 14.6 Å². The van der Waals surface area contributed by atoms with Crippen molar-refractivity contribution in [2.75, 3.05) is 12.4 Å². The molecule has 0 unspecified atom stereocenters. The van der Waals surface area contributed by atoms with Crippen molar-refractivity contribution in [1.29, 1.82) is 0 Å². The summed E-state index contributed by atoms with van der Waals surface area (Å²) in [5.41, 5.74) is 0.666. The standard InChI is InChI=1S/C13H17N3O3/c1-14-12(19)10-7-9(3-6-15-10)16-13(4-2-5-13)8-11(17)18/h3,6-7H,2,4-5,8H2,1H3,(H,14,19)(H,15,16)(H,17,18). The molecule has 1 aliphatic rings. The van der Waals surface area contributed by atoms with Crippen molar-refractivity contribution in [3.63, 3.8) is 0 Å². The third-order valence-electron chi connectivity index (χ3n) is 3.43. The van der Waals surface area contributed by atoms with Gasteiger partial charge >= 0.3 is 5.97 Å². The minimum Gasteiger partial charge on any atom is -0.481 e. The normalized spacial score (nSPS) is 16.3. The van der Waals surface area contributed by atoms with Crippen molar-refractivity contribution in [3.8, 4) is 0 Å². The van der Waals surface area contributed by atoms with E-state index in [0.29, 0.717) is 5.69 Å². The third-order valence-corrected chi connectivity index (χ3v) is 3.43. The number of nitrogens with one attached hydrogen (secondary N) is 2. The van der Waals surface area contributed by atoms with Gasteiger partial charge in [0, 0.05) is 24.5 Å². The molecule has 19 heavy (non-hydrogen) atoms. The molecule has 1 aromatic heterocycles. The number of carbonyl (C=O) groups excluding carboxylic acids is 1. The maximum absolute atomic E-state index is 11.5. The van der Waals surface area contributed by atoms with Gasteiger partial charge in [0.2, 0.25) is 0 Å². The van der Waals surface area contributed by atoms with E-state index in [1.54, 1.807) is 25.4 Å². The van der Waals surface area contributed by atoms with Gasteiger partial charge in [0.1, 0.15) is 5.69 Å². The van der Waals surface area contributed by atoms with Crippen LogP contribution in [-0.4, -0.2) is 34.6 Å². The Bertz CT molecular complexity index is 498. The van der Waals surface area contributed by atoms with Gasteiger partial charge in [-0.2, -0.15) is 0 Å². The van der Waals surface area contributed by atoms with Crippen molar-refractivity contribution >= 4 is 17.6 Å². The quantitative estimate of drug-likeness (QED) is 0.743. The van der Waals surface area contributed by atoms with E-state index < -0.39 is 5.97 Å². The van der Waals surface area contributed by atoms with Crippen LogP contribution in [0.5, 0.6) is 0 Å². The fourth-order valence-corrected chi connectivity index (χ4v) is 2.31. The molecule has 0 radical (unpaired) electrons. The van der Waals surface area contributed by atoms with Crippen molar-refractivity contribution in [2.24, 2.45) is 0 Å². The Hall–Kier alpha value is -2.11. The summed E-state index contributed by atoms with van der Waals surface area (Å²) in [7, 11) is 1.54. The van der Waals surface area contributed by atoms with Crippen LogP contribution in [0.4, 0.5) is 5.69 Å². The molecular formula is C13H17N3O3. The number of carbonyl (C=O) groups is 2. The van der Waals surface area contributed by atoms with Crippen LogP contribution in [0.2, 0.25) is 0 Å². The number of aromatic nitrogens is 1. The Kier molecular flexibility index (Phi) is 3.69. The zero-order valence-electron chi connectivity index (χ0n) is 10.8. The summed E-state index contributed by atoms with van der Waals surface area (Å²) < 4.78 is 0. The molecule has 1 heterocycles. The summed E-state index contributed by atoms with van der Waals surface area (Å²) in [6.07, 6.45) is 4.31. The van der Waals surface area contributed by atoms with Crippen LogP contribution < -0.4 is 10.6 Å². The Labute approximate surface area is 111 Å². The summed E-state index contributed by atoms with van der Waals surface area (Å²) in [5, 5.41) is 14.7. The number of hydrogen-bond donors (Lipinski definition) is 3. The Morgan fingerprint density at radius 2 is 2.21 bits per heavy atom. The summed E-state index contributed by atoms with van der Waals surface area (Å²) >= 11 is 0. The highest BCUT2D eigenvalue weighted by atomic mass is 16.4. The zero-order valence-corrected chi connectivity index (χ0v) is 10.8. The first-order valence-electron chi connectivity index (χ1n) is 6.23. The first kappa shape index (κ1) is 13.3. The van der Waals surface area contributed by atoms with E-state index in [1.807, 2.05) is 0 Å². The predicted molar refractivity (Wildman–Crippen MR) is 70.1 cm³/mol. The summed E-state index contributed by atoms with van der Waals surface area (Å²) in [6, 6.07) is 3.38. The molecule has 2 rings (SSSR count). The van der Waals surface area contributed by atoms with E-state index in [9.17, 15) is 9.59 Å². The molecule has 0 spiro atoms.